The van der Waals surface area contributed by atoms with Crippen LogP contribution in [0.3, 0.4) is 0 Å². The molecule has 0 radical (unpaired) electrons. The zero-order valence-electron chi connectivity index (χ0n) is 11.7. The predicted molar refractivity (Wildman–Crippen MR) is 72.2 cm³/mol. The number of morpholine rings is 1. The lowest BCUT2D eigenvalue weighted by Gasteiger charge is -2.32. The molecule has 1 aliphatic heterocycles. The van der Waals surface area contributed by atoms with E-state index in [9.17, 15) is 9.18 Å². The molecule has 0 saturated carbocycles. The first kappa shape index (κ1) is 14.8. The van der Waals surface area contributed by atoms with Gasteiger partial charge in [0.25, 0.3) is 0 Å². The number of carbonyl (C=O) groups excluding carboxylic acids is 1. The SMILES string of the molecule is CCn1cc(C2CN(C(=O)NCCCF)CCO2)cn1. The Morgan fingerprint density at radius 1 is 1.65 bits per heavy atom. The molecule has 0 spiro atoms. The highest BCUT2D eigenvalue weighted by atomic mass is 19.1. The van der Waals surface area contributed by atoms with Crippen LogP contribution in [-0.2, 0) is 11.3 Å². The molecule has 1 atom stereocenters. The zero-order valence-corrected chi connectivity index (χ0v) is 11.7. The van der Waals surface area contributed by atoms with Gasteiger partial charge in [-0.2, -0.15) is 5.10 Å². The number of carbonyl (C=O) groups is 1. The molecule has 1 aromatic rings. The molecule has 2 heterocycles. The van der Waals surface area contributed by atoms with Gasteiger partial charge < -0.3 is 15.0 Å². The minimum Gasteiger partial charge on any atom is -0.370 e. The number of nitrogens with one attached hydrogen (secondary N) is 1. The van der Waals surface area contributed by atoms with E-state index in [1.165, 1.54) is 0 Å². The Morgan fingerprint density at radius 3 is 3.20 bits per heavy atom. The second kappa shape index (κ2) is 7.23. The van der Waals surface area contributed by atoms with E-state index in [-0.39, 0.29) is 12.1 Å². The summed E-state index contributed by atoms with van der Waals surface area (Å²) in [6.07, 6.45) is 3.92. The smallest absolute Gasteiger partial charge is 0.317 e. The molecule has 0 bridgehead atoms. The fourth-order valence-corrected chi connectivity index (χ4v) is 2.13. The first-order valence-corrected chi connectivity index (χ1v) is 6.97. The lowest BCUT2D eigenvalue weighted by molar-refractivity contribution is -0.0154. The van der Waals surface area contributed by atoms with Crippen LogP contribution in [0.1, 0.15) is 25.0 Å². The normalized spacial score (nSPS) is 19.1. The molecule has 2 amide bonds. The Hall–Kier alpha value is -1.63. The summed E-state index contributed by atoms with van der Waals surface area (Å²) in [4.78, 5) is 13.6. The third kappa shape index (κ3) is 3.69. The third-order valence-electron chi connectivity index (χ3n) is 3.29. The Morgan fingerprint density at radius 2 is 2.50 bits per heavy atom. The number of amides is 2. The Labute approximate surface area is 117 Å². The van der Waals surface area contributed by atoms with Crippen molar-refractivity contribution in [3.05, 3.63) is 18.0 Å². The van der Waals surface area contributed by atoms with Crippen LogP contribution in [-0.4, -0.2) is 53.6 Å². The summed E-state index contributed by atoms with van der Waals surface area (Å²) in [6.45, 7) is 4.33. The van der Waals surface area contributed by atoms with Crippen LogP contribution in [0.5, 0.6) is 0 Å². The van der Waals surface area contributed by atoms with Gasteiger partial charge in [0, 0.05) is 31.4 Å². The van der Waals surface area contributed by atoms with Crippen LogP contribution in [0.2, 0.25) is 0 Å². The van der Waals surface area contributed by atoms with E-state index in [4.69, 9.17) is 4.74 Å². The Bertz CT molecular complexity index is 438. The number of aromatic nitrogens is 2. The van der Waals surface area contributed by atoms with Crippen molar-refractivity contribution < 1.29 is 13.9 Å². The topological polar surface area (TPSA) is 59.4 Å². The molecule has 1 fully saturated rings. The van der Waals surface area contributed by atoms with Gasteiger partial charge in [0.2, 0.25) is 0 Å². The van der Waals surface area contributed by atoms with Crippen molar-refractivity contribution in [1.82, 2.24) is 20.0 Å². The second-order valence-corrected chi connectivity index (χ2v) is 4.71. The molecule has 2 rings (SSSR count). The van der Waals surface area contributed by atoms with E-state index < -0.39 is 6.67 Å². The number of nitrogens with zero attached hydrogens (tertiary/aromatic N) is 3. The van der Waals surface area contributed by atoms with E-state index in [2.05, 4.69) is 10.4 Å². The highest BCUT2D eigenvalue weighted by molar-refractivity contribution is 5.74. The number of aryl methyl sites for hydroxylation is 1. The molecule has 1 saturated heterocycles. The van der Waals surface area contributed by atoms with Gasteiger partial charge in [-0.3, -0.25) is 9.07 Å². The van der Waals surface area contributed by atoms with Gasteiger partial charge in [-0.25, -0.2) is 4.79 Å². The average Bonchev–Trinajstić information content (AvgIpc) is 2.96. The van der Waals surface area contributed by atoms with Crippen molar-refractivity contribution in [3.63, 3.8) is 0 Å². The number of ether oxygens (including phenoxy) is 1. The van der Waals surface area contributed by atoms with Crippen molar-refractivity contribution in [2.75, 3.05) is 32.9 Å². The van der Waals surface area contributed by atoms with Crippen molar-refractivity contribution in [1.29, 1.82) is 0 Å². The molecular formula is C13H21FN4O2. The summed E-state index contributed by atoms with van der Waals surface area (Å²) in [5.74, 6) is 0. The predicted octanol–water partition coefficient (Wildman–Crippen LogP) is 1.35. The monoisotopic (exact) mass is 284 g/mol. The number of alkyl halides is 1. The summed E-state index contributed by atoms with van der Waals surface area (Å²) in [7, 11) is 0. The van der Waals surface area contributed by atoms with Crippen molar-refractivity contribution in [2.45, 2.75) is 26.0 Å². The standard InChI is InChI=1S/C13H21FN4O2/c1-2-18-9-11(8-16-18)12-10-17(6-7-20-12)13(19)15-5-3-4-14/h8-9,12H,2-7,10H2,1H3,(H,15,19). The summed E-state index contributed by atoms with van der Waals surface area (Å²) < 4.78 is 19.5. The summed E-state index contributed by atoms with van der Waals surface area (Å²) in [5.41, 5.74) is 0.980. The molecule has 1 aliphatic rings. The third-order valence-corrected chi connectivity index (χ3v) is 3.29. The maximum absolute atomic E-state index is 12.0. The molecule has 1 aromatic heterocycles. The van der Waals surface area contributed by atoms with Crippen molar-refractivity contribution >= 4 is 6.03 Å². The highest BCUT2D eigenvalue weighted by Crippen LogP contribution is 2.21. The van der Waals surface area contributed by atoms with Crippen molar-refractivity contribution in [2.24, 2.45) is 0 Å². The van der Waals surface area contributed by atoms with E-state index in [0.717, 1.165) is 12.1 Å². The van der Waals surface area contributed by atoms with Crippen LogP contribution in [0.25, 0.3) is 0 Å². The first-order chi connectivity index (χ1) is 9.74. The van der Waals surface area contributed by atoms with E-state index in [0.29, 0.717) is 32.7 Å². The van der Waals surface area contributed by atoms with E-state index in [1.54, 1.807) is 11.1 Å². The number of hydrogen-bond donors (Lipinski definition) is 1. The van der Waals surface area contributed by atoms with Gasteiger partial charge in [0.1, 0.15) is 6.10 Å². The quantitative estimate of drug-likeness (QED) is 0.830. The number of halogens is 1. The van der Waals surface area contributed by atoms with Gasteiger partial charge in [0.05, 0.1) is 26.0 Å². The average molecular weight is 284 g/mol. The number of hydrogen-bond acceptors (Lipinski definition) is 3. The molecule has 0 aromatic carbocycles. The maximum Gasteiger partial charge on any atom is 0.317 e. The van der Waals surface area contributed by atoms with E-state index >= 15 is 0 Å². The highest BCUT2D eigenvalue weighted by Gasteiger charge is 2.26. The molecule has 6 nitrogen and oxygen atoms in total. The van der Waals surface area contributed by atoms with Gasteiger partial charge in [-0.05, 0) is 13.3 Å². The van der Waals surface area contributed by atoms with Crippen molar-refractivity contribution in [3.8, 4) is 0 Å². The lowest BCUT2D eigenvalue weighted by Crippen LogP contribution is -2.47. The first-order valence-electron chi connectivity index (χ1n) is 6.97. The summed E-state index contributed by atoms with van der Waals surface area (Å²) >= 11 is 0. The van der Waals surface area contributed by atoms with Crippen LogP contribution in [0, 0.1) is 0 Å². The molecule has 20 heavy (non-hydrogen) atoms. The van der Waals surface area contributed by atoms with Crippen LogP contribution in [0.4, 0.5) is 9.18 Å². The summed E-state index contributed by atoms with van der Waals surface area (Å²) in [5, 5.41) is 6.93. The maximum atomic E-state index is 12.0. The number of rotatable bonds is 5. The van der Waals surface area contributed by atoms with Gasteiger partial charge in [-0.1, -0.05) is 0 Å². The van der Waals surface area contributed by atoms with Gasteiger partial charge in [0.15, 0.2) is 0 Å². The lowest BCUT2D eigenvalue weighted by atomic mass is 10.1. The molecule has 112 valence electrons. The molecular weight excluding hydrogens is 263 g/mol. The molecule has 1 unspecified atom stereocenters. The Balaban J connectivity index is 1.89. The number of urea groups is 1. The van der Waals surface area contributed by atoms with Crippen LogP contribution < -0.4 is 5.32 Å². The minimum absolute atomic E-state index is 0.143. The second-order valence-electron chi connectivity index (χ2n) is 4.71. The Kier molecular flexibility index (Phi) is 5.34. The summed E-state index contributed by atoms with van der Waals surface area (Å²) in [6, 6.07) is -0.158. The largest absolute Gasteiger partial charge is 0.370 e. The zero-order chi connectivity index (χ0) is 14.4. The van der Waals surface area contributed by atoms with Crippen LogP contribution in [0.15, 0.2) is 12.4 Å². The van der Waals surface area contributed by atoms with Gasteiger partial charge >= 0.3 is 6.03 Å². The minimum atomic E-state index is -0.414. The van der Waals surface area contributed by atoms with E-state index in [1.807, 2.05) is 17.8 Å². The molecule has 7 heteroatoms. The van der Waals surface area contributed by atoms with Crippen LogP contribution >= 0.6 is 0 Å². The molecule has 0 aliphatic carbocycles. The fraction of sp³-hybridized carbons (Fsp3) is 0.692. The fourth-order valence-electron chi connectivity index (χ4n) is 2.13. The molecule has 1 N–H and O–H groups in total. The van der Waals surface area contributed by atoms with Gasteiger partial charge in [-0.15, -0.1) is 0 Å².